The van der Waals surface area contributed by atoms with Gasteiger partial charge in [-0.1, -0.05) is 11.3 Å². The zero-order chi connectivity index (χ0) is 19.6. The number of aromatic nitrogens is 4. The zero-order valence-corrected chi connectivity index (χ0v) is 17.7. The van der Waals surface area contributed by atoms with Gasteiger partial charge < -0.3 is 9.47 Å². The summed E-state index contributed by atoms with van der Waals surface area (Å²) < 4.78 is 13.2. The van der Waals surface area contributed by atoms with Gasteiger partial charge >= 0.3 is 0 Å². The lowest BCUT2D eigenvalue weighted by Crippen LogP contribution is -2.49. The number of hydrogen-bond acceptors (Lipinski definition) is 6. The van der Waals surface area contributed by atoms with Crippen molar-refractivity contribution < 1.29 is 9.47 Å². The normalized spacial score (nSPS) is 30.2. The van der Waals surface area contributed by atoms with E-state index in [2.05, 4.69) is 10.2 Å². The Morgan fingerprint density at radius 2 is 1.79 bits per heavy atom. The molecule has 0 saturated heterocycles. The van der Waals surface area contributed by atoms with Crippen molar-refractivity contribution in [3.05, 3.63) is 24.0 Å². The quantitative estimate of drug-likeness (QED) is 0.609. The lowest BCUT2D eigenvalue weighted by Gasteiger charge is -2.55. The molecule has 152 valence electrons. The van der Waals surface area contributed by atoms with Crippen molar-refractivity contribution in [2.24, 2.45) is 17.8 Å². The van der Waals surface area contributed by atoms with E-state index < -0.39 is 0 Å². The summed E-state index contributed by atoms with van der Waals surface area (Å²) in [5.74, 6) is 5.23. The van der Waals surface area contributed by atoms with Crippen LogP contribution in [0.1, 0.15) is 51.3 Å². The van der Waals surface area contributed by atoms with Crippen LogP contribution < -0.4 is 9.47 Å². The average Bonchev–Trinajstić information content (AvgIpc) is 3.28. The topological polar surface area (TPSA) is 61.5 Å². The highest BCUT2D eigenvalue weighted by Crippen LogP contribution is 2.60. The SMILES string of the molecule is CCOc1ccc(-c2nn3c(C45CC6CC(CC(C6)C4)C5)nnc3s2)cc1OC. The van der Waals surface area contributed by atoms with Gasteiger partial charge in [-0.3, -0.25) is 0 Å². The number of benzene rings is 1. The van der Waals surface area contributed by atoms with Crippen LogP contribution in [0.25, 0.3) is 15.5 Å². The van der Waals surface area contributed by atoms with Gasteiger partial charge in [-0.05, 0) is 81.4 Å². The van der Waals surface area contributed by atoms with Crippen LogP contribution >= 0.6 is 11.3 Å². The minimum absolute atomic E-state index is 0.190. The fourth-order valence-electron chi connectivity index (χ4n) is 6.52. The van der Waals surface area contributed by atoms with Crippen molar-refractivity contribution in [1.29, 1.82) is 0 Å². The van der Waals surface area contributed by atoms with Crippen LogP contribution in [0.4, 0.5) is 0 Å². The van der Waals surface area contributed by atoms with Gasteiger partial charge in [0.25, 0.3) is 0 Å². The highest BCUT2D eigenvalue weighted by atomic mass is 32.1. The third kappa shape index (κ3) is 2.70. The van der Waals surface area contributed by atoms with Gasteiger partial charge in [0, 0.05) is 11.0 Å². The fourth-order valence-corrected chi connectivity index (χ4v) is 7.36. The highest BCUT2D eigenvalue weighted by Gasteiger charge is 2.54. The summed E-state index contributed by atoms with van der Waals surface area (Å²) in [5.41, 5.74) is 1.22. The molecule has 4 saturated carbocycles. The Morgan fingerprint density at radius 3 is 2.45 bits per heavy atom. The summed E-state index contributed by atoms with van der Waals surface area (Å²) in [4.78, 5) is 0.888. The average molecular weight is 411 g/mol. The van der Waals surface area contributed by atoms with Gasteiger partial charge in [0.05, 0.1) is 13.7 Å². The first-order valence-electron chi connectivity index (χ1n) is 10.7. The Hall–Kier alpha value is -2.15. The molecule has 0 N–H and O–H groups in total. The molecule has 0 amide bonds. The van der Waals surface area contributed by atoms with Crippen molar-refractivity contribution in [3.63, 3.8) is 0 Å². The van der Waals surface area contributed by atoms with E-state index in [0.29, 0.717) is 6.61 Å². The second kappa shape index (κ2) is 6.42. The molecule has 4 fully saturated rings. The molecule has 4 bridgehead atoms. The second-order valence-electron chi connectivity index (χ2n) is 9.12. The summed E-state index contributed by atoms with van der Waals surface area (Å²) in [6.45, 7) is 2.59. The summed E-state index contributed by atoms with van der Waals surface area (Å²) in [7, 11) is 1.67. The van der Waals surface area contributed by atoms with Gasteiger partial charge in [0.15, 0.2) is 17.3 Å². The smallest absolute Gasteiger partial charge is 0.235 e. The van der Waals surface area contributed by atoms with Crippen LogP contribution in [0.2, 0.25) is 0 Å². The molecule has 7 rings (SSSR count). The Morgan fingerprint density at radius 1 is 1.07 bits per heavy atom. The molecule has 0 aliphatic heterocycles. The highest BCUT2D eigenvalue weighted by molar-refractivity contribution is 7.19. The number of hydrogen-bond donors (Lipinski definition) is 0. The molecular weight excluding hydrogens is 384 g/mol. The lowest BCUT2D eigenvalue weighted by atomic mass is 9.49. The second-order valence-corrected chi connectivity index (χ2v) is 10.1. The van der Waals surface area contributed by atoms with Crippen LogP contribution in [0, 0.1) is 17.8 Å². The predicted octanol–water partition coefficient (Wildman–Crippen LogP) is 4.73. The maximum absolute atomic E-state index is 5.65. The first-order chi connectivity index (χ1) is 14.2. The number of ether oxygens (including phenoxy) is 2. The Bertz CT molecular complexity index is 1040. The molecule has 4 aliphatic rings. The van der Waals surface area contributed by atoms with E-state index in [4.69, 9.17) is 14.6 Å². The Labute approximate surface area is 174 Å². The van der Waals surface area contributed by atoms with E-state index in [-0.39, 0.29) is 5.41 Å². The number of rotatable bonds is 5. The van der Waals surface area contributed by atoms with Crippen LogP contribution in [-0.4, -0.2) is 33.5 Å². The van der Waals surface area contributed by atoms with E-state index in [9.17, 15) is 0 Å². The lowest BCUT2D eigenvalue weighted by molar-refractivity contribution is -0.0103. The van der Waals surface area contributed by atoms with Crippen LogP contribution in [0.5, 0.6) is 11.5 Å². The molecule has 7 heteroatoms. The molecule has 0 radical (unpaired) electrons. The van der Waals surface area contributed by atoms with Crippen molar-refractivity contribution in [3.8, 4) is 22.1 Å². The van der Waals surface area contributed by atoms with Crippen molar-refractivity contribution in [2.75, 3.05) is 13.7 Å². The van der Waals surface area contributed by atoms with Gasteiger partial charge in [0.2, 0.25) is 4.96 Å². The summed E-state index contributed by atoms with van der Waals surface area (Å²) in [5, 5.41) is 15.1. The van der Waals surface area contributed by atoms with Crippen molar-refractivity contribution >= 4 is 16.3 Å². The molecule has 3 aromatic rings. The molecule has 2 aromatic heterocycles. The maximum Gasteiger partial charge on any atom is 0.235 e. The Balaban J connectivity index is 1.39. The third-order valence-electron chi connectivity index (χ3n) is 7.21. The first-order valence-corrected chi connectivity index (χ1v) is 11.5. The van der Waals surface area contributed by atoms with Gasteiger partial charge in [-0.15, -0.1) is 10.2 Å². The largest absolute Gasteiger partial charge is 0.493 e. The zero-order valence-electron chi connectivity index (χ0n) is 16.9. The number of nitrogens with zero attached hydrogens (tertiary/aromatic N) is 4. The number of methoxy groups -OCH3 is 1. The summed E-state index contributed by atoms with van der Waals surface area (Å²) >= 11 is 1.60. The van der Waals surface area contributed by atoms with Crippen LogP contribution in [0.15, 0.2) is 18.2 Å². The molecule has 1 aromatic carbocycles. The Kier molecular flexibility index (Phi) is 3.92. The van der Waals surface area contributed by atoms with Crippen LogP contribution in [0.3, 0.4) is 0 Å². The molecule has 0 unspecified atom stereocenters. The van der Waals surface area contributed by atoms with E-state index >= 15 is 0 Å². The van der Waals surface area contributed by atoms with E-state index in [1.54, 1.807) is 18.4 Å². The minimum Gasteiger partial charge on any atom is -0.493 e. The van der Waals surface area contributed by atoms with E-state index in [0.717, 1.165) is 50.6 Å². The molecule has 0 spiro atoms. The van der Waals surface area contributed by atoms with Gasteiger partial charge in [-0.25, -0.2) is 0 Å². The fraction of sp³-hybridized carbons (Fsp3) is 0.591. The minimum atomic E-state index is 0.190. The summed E-state index contributed by atoms with van der Waals surface area (Å²) in [6.07, 6.45) is 8.08. The van der Waals surface area contributed by atoms with Crippen LogP contribution in [-0.2, 0) is 5.41 Å². The van der Waals surface area contributed by atoms with Crippen molar-refractivity contribution in [1.82, 2.24) is 19.8 Å². The molecule has 0 atom stereocenters. The maximum atomic E-state index is 5.65. The first kappa shape index (κ1) is 17.7. The van der Waals surface area contributed by atoms with E-state index in [1.165, 1.54) is 38.5 Å². The molecular formula is C22H26N4O2S. The van der Waals surface area contributed by atoms with Gasteiger partial charge in [-0.2, -0.15) is 9.61 Å². The predicted molar refractivity (Wildman–Crippen MR) is 112 cm³/mol. The summed E-state index contributed by atoms with van der Waals surface area (Å²) in [6, 6.07) is 6.00. The molecule has 2 heterocycles. The van der Waals surface area contributed by atoms with Gasteiger partial charge in [0.1, 0.15) is 5.01 Å². The van der Waals surface area contributed by atoms with E-state index in [1.807, 2.05) is 29.6 Å². The monoisotopic (exact) mass is 410 g/mol. The third-order valence-corrected chi connectivity index (χ3v) is 8.16. The molecule has 4 aliphatic carbocycles. The van der Waals surface area contributed by atoms with Crippen molar-refractivity contribution in [2.45, 2.75) is 50.9 Å². The molecule has 29 heavy (non-hydrogen) atoms. The molecule has 6 nitrogen and oxygen atoms in total. The standard InChI is InChI=1S/C22H26N4O2S/c1-3-28-17-5-4-16(9-18(17)27-2)19-25-26-20(23-24-21(26)29-19)22-10-13-6-14(11-22)8-15(7-13)12-22/h4-5,9,13-15H,3,6-8,10-12H2,1-2H3. The number of fused-ring (bicyclic) bond motifs is 1.